The van der Waals surface area contributed by atoms with E-state index in [9.17, 15) is 24.3 Å². The molecule has 0 unspecified atom stereocenters. The van der Waals surface area contributed by atoms with E-state index >= 15 is 4.39 Å². The molecule has 46 heavy (non-hydrogen) atoms. The highest BCUT2D eigenvalue weighted by molar-refractivity contribution is 5.94. The summed E-state index contributed by atoms with van der Waals surface area (Å²) in [5.74, 6) is -1.35. The second-order valence-corrected chi connectivity index (χ2v) is 13.5. The molecule has 1 aromatic carbocycles. The average molecular weight is 634 g/mol. The lowest BCUT2D eigenvalue weighted by molar-refractivity contribution is -0.140. The van der Waals surface area contributed by atoms with Gasteiger partial charge in [0.2, 0.25) is 11.8 Å². The lowest BCUT2D eigenvalue weighted by Gasteiger charge is -2.32. The standard InChI is InChI=1S/C34H40FN5O6/c1-6-34(45)21-11-25-31-20(14-40(25)32(44)19(21)8-10-26(34)41)30-23(9-7-18-17(2)22(35)12-24(39-31)29(18)30)38-28(43)15-46-16-36-27(42)13-37-33(3,4)5/h11-12,23,37,45H,6-10,13-16H2,1-5H3,(H,36,42)(H,38,43)/t23-,34-/m0/s1. The van der Waals surface area contributed by atoms with E-state index in [1.807, 2.05) is 20.8 Å². The van der Waals surface area contributed by atoms with E-state index in [0.717, 1.165) is 22.1 Å². The Morgan fingerprint density at radius 2 is 1.89 bits per heavy atom. The van der Waals surface area contributed by atoms with E-state index in [0.29, 0.717) is 46.4 Å². The first-order valence-electron chi connectivity index (χ1n) is 15.8. The van der Waals surface area contributed by atoms with Crippen LogP contribution in [0.5, 0.6) is 0 Å². The number of carbonyl (C=O) groups excluding carboxylic acids is 3. The van der Waals surface area contributed by atoms with Gasteiger partial charge in [0.1, 0.15) is 24.8 Å². The van der Waals surface area contributed by atoms with Gasteiger partial charge >= 0.3 is 0 Å². The predicted molar refractivity (Wildman–Crippen MR) is 169 cm³/mol. The molecule has 4 N–H and O–H groups in total. The summed E-state index contributed by atoms with van der Waals surface area (Å²) in [7, 11) is 0. The molecule has 0 saturated carbocycles. The smallest absolute Gasteiger partial charge is 0.254 e. The first-order chi connectivity index (χ1) is 21.7. The van der Waals surface area contributed by atoms with Crippen LogP contribution < -0.4 is 21.5 Å². The van der Waals surface area contributed by atoms with E-state index in [-0.39, 0.29) is 80.2 Å². The number of ether oxygens (including phenoxy) is 1. The number of halogens is 1. The van der Waals surface area contributed by atoms with Gasteiger partial charge in [0.05, 0.1) is 36.0 Å². The molecule has 3 aromatic rings. The molecule has 2 aromatic heterocycles. The SMILES string of the molecule is CC[C@@]1(O)C(=O)CCc2c1cc1n(c2=O)Cc2c-1nc1cc(F)c(C)c3c1c2[C@@H](NC(=O)COCNC(=O)CNC(C)(C)C)CC3. The third kappa shape index (κ3) is 5.41. The summed E-state index contributed by atoms with van der Waals surface area (Å²) < 4.78 is 22.2. The van der Waals surface area contributed by atoms with Crippen LogP contribution in [-0.4, -0.2) is 57.7 Å². The molecule has 0 spiro atoms. The van der Waals surface area contributed by atoms with Crippen molar-refractivity contribution in [1.29, 1.82) is 0 Å². The van der Waals surface area contributed by atoms with Gasteiger partial charge in [0.15, 0.2) is 5.78 Å². The summed E-state index contributed by atoms with van der Waals surface area (Å²) in [6, 6.07) is 2.61. The highest BCUT2D eigenvalue weighted by atomic mass is 19.1. The van der Waals surface area contributed by atoms with Gasteiger partial charge in [-0.15, -0.1) is 0 Å². The number of nitrogens with zero attached hydrogens (tertiary/aromatic N) is 2. The molecule has 0 saturated heterocycles. The fraction of sp³-hybridized carbons (Fsp3) is 0.500. The quantitative estimate of drug-likeness (QED) is 0.171. The number of Topliss-reactive ketones (excluding diaryl/α,β-unsaturated/α-hetero) is 1. The molecule has 3 heterocycles. The maximum Gasteiger partial charge on any atom is 0.254 e. The molecule has 2 atom stereocenters. The number of aromatic nitrogens is 2. The number of rotatable bonds is 8. The summed E-state index contributed by atoms with van der Waals surface area (Å²) in [4.78, 5) is 56.7. The minimum atomic E-state index is -1.76. The van der Waals surface area contributed by atoms with E-state index in [4.69, 9.17) is 9.72 Å². The van der Waals surface area contributed by atoms with Crippen molar-refractivity contribution in [3.8, 4) is 11.4 Å². The summed E-state index contributed by atoms with van der Waals surface area (Å²) in [5, 5.41) is 20.9. The van der Waals surface area contributed by atoms with Gasteiger partial charge in [-0.1, -0.05) is 6.92 Å². The zero-order valence-corrected chi connectivity index (χ0v) is 26.9. The number of carbonyl (C=O) groups is 3. The van der Waals surface area contributed by atoms with Crippen LogP contribution in [0.1, 0.15) is 86.4 Å². The van der Waals surface area contributed by atoms with Gasteiger partial charge in [-0.2, -0.15) is 0 Å². The Bertz CT molecular complexity index is 1860. The van der Waals surface area contributed by atoms with Gasteiger partial charge in [0, 0.05) is 40.1 Å². The van der Waals surface area contributed by atoms with Crippen molar-refractivity contribution < 1.29 is 28.6 Å². The van der Waals surface area contributed by atoms with Gasteiger partial charge in [-0.05, 0) is 76.1 Å². The molecule has 12 heteroatoms. The number of aryl methyl sites for hydroxylation is 1. The van der Waals surface area contributed by atoms with Crippen molar-refractivity contribution in [2.75, 3.05) is 19.9 Å². The normalized spacial score (nSPS) is 19.9. The van der Waals surface area contributed by atoms with Crippen LogP contribution >= 0.6 is 0 Å². The Labute approximate surface area is 265 Å². The number of ketones is 1. The number of hydrogen-bond acceptors (Lipinski definition) is 8. The predicted octanol–water partition coefficient (Wildman–Crippen LogP) is 2.57. The maximum absolute atomic E-state index is 15.1. The molecule has 0 radical (unpaired) electrons. The molecule has 1 aliphatic heterocycles. The van der Waals surface area contributed by atoms with Crippen molar-refractivity contribution in [2.45, 2.75) is 90.4 Å². The Hall–Kier alpha value is -4.00. The highest BCUT2D eigenvalue weighted by Gasteiger charge is 2.44. The van der Waals surface area contributed by atoms with E-state index in [1.165, 1.54) is 6.07 Å². The first-order valence-corrected chi connectivity index (χ1v) is 15.8. The van der Waals surface area contributed by atoms with Crippen LogP contribution in [-0.2, 0) is 44.1 Å². The highest BCUT2D eigenvalue weighted by Crippen LogP contribution is 2.46. The molecule has 3 aliphatic rings. The largest absolute Gasteiger partial charge is 0.377 e. The van der Waals surface area contributed by atoms with Gasteiger partial charge in [-0.25, -0.2) is 9.37 Å². The number of benzene rings is 1. The maximum atomic E-state index is 15.1. The van der Waals surface area contributed by atoms with Crippen LogP contribution in [0.3, 0.4) is 0 Å². The van der Waals surface area contributed by atoms with Gasteiger partial charge in [0.25, 0.3) is 5.56 Å². The van der Waals surface area contributed by atoms with E-state index in [2.05, 4.69) is 16.0 Å². The van der Waals surface area contributed by atoms with Crippen LogP contribution in [0.2, 0.25) is 0 Å². The van der Waals surface area contributed by atoms with Crippen molar-refractivity contribution in [3.05, 3.63) is 61.7 Å². The second kappa shape index (κ2) is 11.7. The fourth-order valence-electron chi connectivity index (χ4n) is 7.00. The number of nitrogens with one attached hydrogen (secondary N) is 3. The van der Waals surface area contributed by atoms with Crippen LogP contribution in [0.4, 0.5) is 4.39 Å². The summed E-state index contributed by atoms with van der Waals surface area (Å²) in [5.41, 5.74) is 2.68. The molecule has 2 aliphatic carbocycles. The Balaban J connectivity index is 1.32. The van der Waals surface area contributed by atoms with Crippen LogP contribution in [0.15, 0.2) is 16.9 Å². The van der Waals surface area contributed by atoms with Crippen molar-refractivity contribution in [1.82, 2.24) is 25.5 Å². The lowest BCUT2D eigenvalue weighted by Crippen LogP contribution is -2.44. The number of hydrogen-bond donors (Lipinski definition) is 4. The number of aliphatic hydroxyl groups is 1. The molecule has 6 rings (SSSR count). The number of pyridine rings is 2. The molecule has 0 fully saturated rings. The Morgan fingerprint density at radius 3 is 2.61 bits per heavy atom. The van der Waals surface area contributed by atoms with Crippen molar-refractivity contribution in [2.24, 2.45) is 0 Å². The minimum absolute atomic E-state index is 0.0852. The second-order valence-electron chi connectivity index (χ2n) is 13.5. The first kappa shape index (κ1) is 32.0. The lowest BCUT2D eigenvalue weighted by atomic mass is 9.77. The topological polar surface area (TPSA) is 152 Å². The summed E-state index contributed by atoms with van der Waals surface area (Å²) in [6.45, 7) is 9.19. The zero-order chi connectivity index (χ0) is 33.1. The fourth-order valence-corrected chi connectivity index (χ4v) is 7.00. The zero-order valence-electron chi connectivity index (χ0n) is 26.9. The molecule has 244 valence electrons. The van der Waals surface area contributed by atoms with Crippen molar-refractivity contribution >= 4 is 28.5 Å². The molecule has 11 nitrogen and oxygen atoms in total. The molecular weight excluding hydrogens is 593 g/mol. The third-order valence-electron chi connectivity index (χ3n) is 9.48. The minimum Gasteiger partial charge on any atom is -0.377 e. The average Bonchev–Trinajstić information content (AvgIpc) is 3.38. The van der Waals surface area contributed by atoms with Gasteiger partial charge in [-0.3, -0.25) is 19.2 Å². The van der Waals surface area contributed by atoms with Crippen LogP contribution in [0.25, 0.3) is 22.3 Å². The molecular formula is C34H40FN5O6. The summed E-state index contributed by atoms with van der Waals surface area (Å²) in [6.07, 6.45) is 1.47. The number of fused-ring (bicyclic) bond motifs is 5. The summed E-state index contributed by atoms with van der Waals surface area (Å²) >= 11 is 0. The Kier molecular flexibility index (Phi) is 8.10. The monoisotopic (exact) mass is 633 g/mol. The molecule has 0 bridgehead atoms. The molecule has 2 amide bonds. The van der Waals surface area contributed by atoms with E-state index < -0.39 is 11.6 Å². The van der Waals surface area contributed by atoms with E-state index in [1.54, 1.807) is 24.5 Å². The van der Waals surface area contributed by atoms with Crippen molar-refractivity contribution in [3.63, 3.8) is 0 Å². The van der Waals surface area contributed by atoms with Gasteiger partial charge < -0.3 is 30.4 Å². The third-order valence-corrected chi connectivity index (χ3v) is 9.48. The number of amides is 2. The van der Waals surface area contributed by atoms with Crippen LogP contribution in [0, 0.1) is 12.7 Å². The Morgan fingerprint density at radius 1 is 1.13 bits per heavy atom.